The zero-order valence-electron chi connectivity index (χ0n) is 6.55. The predicted molar refractivity (Wildman–Crippen MR) is 47.4 cm³/mol. The van der Waals surface area contributed by atoms with Crippen LogP contribution in [0.4, 0.5) is 0 Å². The Morgan fingerprint density at radius 3 is 2.73 bits per heavy atom. The summed E-state index contributed by atoms with van der Waals surface area (Å²) in [5.74, 6) is 0. The molecule has 0 aromatic carbocycles. The Bertz CT molecular complexity index is 263. The molecule has 0 aliphatic heterocycles. The molecule has 2 rings (SSSR count). The Hall–Kier alpha value is -0.310. The van der Waals surface area contributed by atoms with E-state index in [4.69, 9.17) is 0 Å². The summed E-state index contributed by atoms with van der Waals surface area (Å²) in [7, 11) is 0. The molecule has 0 spiro atoms. The maximum atomic E-state index is 4.28. The number of aromatic nitrogens is 2. The van der Waals surface area contributed by atoms with Gasteiger partial charge in [-0.3, -0.25) is 4.68 Å². The molecule has 11 heavy (non-hydrogen) atoms. The standard InChI is InChI=1S/C8H11BrN2/c1-8(3-2-4-8)11-6-7(9)5-10-11/h5-6H,2-4H2,1H3. The predicted octanol–water partition coefficient (Wildman–Crippen LogP) is 2.54. The summed E-state index contributed by atoms with van der Waals surface area (Å²) in [5.41, 5.74) is 0.312. The van der Waals surface area contributed by atoms with Crippen LogP contribution in [0.3, 0.4) is 0 Å². The van der Waals surface area contributed by atoms with E-state index in [1.165, 1.54) is 19.3 Å². The van der Waals surface area contributed by atoms with Crippen LogP contribution in [0.1, 0.15) is 26.2 Å². The summed E-state index contributed by atoms with van der Waals surface area (Å²) in [6, 6.07) is 0. The highest BCUT2D eigenvalue weighted by molar-refractivity contribution is 9.10. The van der Waals surface area contributed by atoms with Gasteiger partial charge in [0.1, 0.15) is 0 Å². The minimum atomic E-state index is 0.312. The number of rotatable bonds is 1. The summed E-state index contributed by atoms with van der Waals surface area (Å²) in [4.78, 5) is 0. The van der Waals surface area contributed by atoms with Crippen molar-refractivity contribution in [3.8, 4) is 0 Å². The number of hydrogen-bond donors (Lipinski definition) is 0. The fourth-order valence-corrected chi connectivity index (χ4v) is 1.80. The van der Waals surface area contributed by atoms with E-state index in [2.05, 4.69) is 38.8 Å². The molecule has 0 amide bonds. The van der Waals surface area contributed by atoms with Crippen LogP contribution in [0.15, 0.2) is 16.9 Å². The lowest BCUT2D eigenvalue weighted by molar-refractivity contribution is 0.149. The third-order valence-corrected chi connectivity index (χ3v) is 2.94. The highest BCUT2D eigenvalue weighted by Gasteiger charge is 2.34. The molecule has 0 N–H and O–H groups in total. The topological polar surface area (TPSA) is 17.8 Å². The summed E-state index contributed by atoms with van der Waals surface area (Å²) in [6.07, 6.45) is 7.78. The number of nitrogens with zero attached hydrogens (tertiary/aromatic N) is 2. The van der Waals surface area contributed by atoms with Gasteiger partial charge < -0.3 is 0 Å². The smallest absolute Gasteiger partial charge is 0.0632 e. The van der Waals surface area contributed by atoms with Crippen LogP contribution < -0.4 is 0 Å². The maximum Gasteiger partial charge on any atom is 0.0632 e. The zero-order chi connectivity index (χ0) is 7.90. The van der Waals surface area contributed by atoms with E-state index >= 15 is 0 Å². The quantitative estimate of drug-likeness (QED) is 0.703. The van der Waals surface area contributed by atoms with Gasteiger partial charge in [-0.05, 0) is 42.1 Å². The molecule has 0 unspecified atom stereocenters. The minimum absolute atomic E-state index is 0.312. The normalized spacial score (nSPS) is 21.3. The monoisotopic (exact) mass is 214 g/mol. The maximum absolute atomic E-state index is 4.28. The van der Waals surface area contributed by atoms with Crippen molar-refractivity contribution in [2.24, 2.45) is 0 Å². The van der Waals surface area contributed by atoms with Crippen molar-refractivity contribution in [3.63, 3.8) is 0 Å². The molecule has 1 aliphatic carbocycles. The molecule has 2 nitrogen and oxygen atoms in total. The molecule has 0 bridgehead atoms. The van der Waals surface area contributed by atoms with Crippen molar-refractivity contribution in [1.29, 1.82) is 0 Å². The minimum Gasteiger partial charge on any atom is -0.266 e. The molecule has 1 fully saturated rings. The lowest BCUT2D eigenvalue weighted by Gasteiger charge is -2.38. The first kappa shape index (κ1) is 7.35. The summed E-state index contributed by atoms with van der Waals surface area (Å²) in [5, 5.41) is 4.28. The lowest BCUT2D eigenvalue weighted by atomic mass is 9.79. The van der Waals surface area contributed by atoms with Gasteiger partial charge in [0.05, 0.1) is 16.2 Å². The first-order valence-electron chi connectivity index (χ1n) is 3.91. The van der Waals surface area contributed by atoms with E-state index in [0.717, 1.165) is 4.47 Å². The number of halogens is 1. The first-order chi connectivity index (χ1) is 5.21. The fourth-order valence-electron chi connectivity index (χ4n) is 1.51. The van der Waals surface area contributed by atoms with E-state index in [1.54, 1.807) is 0 Å². The second kappa shape index (κ2) is 2.34. The summed E-state index contributed by atoms with van der Waals surface area (Å²) in [6.45, 7) is 2.26. The van der Waals surface area contributed by atoms with Gasteiger partial charge >= 0.3 is 0 Å². The van der Waals surface area contributed by atoms with Gasteiger partial charge in [-0.25, -0.2) is 0 Å². The Labute approximate surface area is 74.7 Å². The van der Waals surface area contributed by atoms with Crippen molar-refractivity contribution in [1.82, 2.24) is 9.78 Å². The lowest BCUT2D eigenvalue weighted by Crippen LogP contribution is -2.37. The van der Waals surface area contributed by atoms with Crippen molar-refractivity contribution in [2.75, 3.05) is 0 Å². The van der Waals surface area contributed by atoms with Gasteiger partial charge in [0.25, 0.3) is 0 Å². The van der Waals surface area contributed by atoms with Crippen LogP contribution in [-0.4, -0.2) is 9.78 Å². The average molecular weight is 215 g/mol. The summed E-state index contributed by atoms with van der Waals surface area (Å²) >= 11 is 3.39. The molecule has 1 aromatic rings. The van der Waals surface area contributed by atoms with Crippen LogP contribution in [0, 0.1) is 0 Å². The molecule has 0 atom stereocenters. The van der Waals surface area contributed by atoms with E-state index < -0.39 is 0 Å². The van der Waals surface area contributed by atoms with Crippen LogP contribution in [0.25, 0.3) is 0 Å². The van der Waals surface area contributed by atoms with Crippen LogP contribution >= 0.6 is 15.9 Å². The van der Waals surface area contributed by atoms with Gasteiger partial charge in [-0.15, -0.1) is 0 Å². The Morgan fingerprint density at radius 1 is 1.64 bits per heavy atom. The zero-order valence-corrected chi connectivity index (χ0v) is 8.13. The molecule has 1 aliphatic rings. The molecule has 1 saturated carbocycles. The van der Waals surface area contributed by atoms with E-state index in [-0.39, 0.29) is 0 Å². The molecule has 1 heterocycles. The van der Waals surface area contributed by atoms with Gasteiger partial charge in [0, 0.05) is 6.20 Å². The van der Waals surface area contributed by atoms with Crippen LogP contribution in [0.2, 0.25) is 0 Å². The Morgan fingerprint density at radius 2 is 2.36 bits per heavy atom. The van der Waals surface area contributed by atoms with E-state index in [9.17, 15) is 0 Å². The molecule has 3 heteroatoms. The fraction of sp³-hybridized carbons (Fsp3) is 0.625. The molecule has 1 aromatic heterocycles. The van der Waals surface area contributed by atoms with Gasteiger partial charge in [-0.2, -0.15) is 5.10 Å². The molecule has 60 valence electrons. The number of hydrogen-bond acceptors (Lipinski definition) is 1. The van der Waals surface area contributed by atoms with E-state index in [1.807, 2.05) is 6.20 Å². The van der Waals surface area contributed by atoms with Crippen molar-refractivity contribution < 1.29 is 0 Å². The SMILES string of the molecule is CC1(n2cc(Br)cn2)CCC1. The first-order valence-corrected chi connectivity index (χ1v) is 4.71. The third-order valence-electron chi connectivity index (χ3n) is 2.53. The highest BCUT2D eigenvalue weighted by Crippen LogP contribution is 2.38. The second-order valence-electron chi connectivity index (χ2n) is 3.45. The highest BCUT2D eigenvalue weighted by atomic mass is 79.9. The second-order valence-corrected chi connectivity index (χ2v) is 4.37. The van der Waals surface area contributed by atoms with Crippen molar-refractivity contribution in [2.45, 2.75) is 31.7 Å². The van der Waals surface area contributed by atoms with Gasteiger partial charge in [0.2, 0.25) is 0 Å². The third kappa shape index (κ3) is 1.11. The molecule has 0 saturated heterocycles. The van der Waals surface area contributed by atoms with Crippen molar-refractivity contribution in [3.05, 3.63) is 16.9 Å². The molecule has 0 radical (unpaired) electrons. The van der Waals surface area contributed by atoms with E-state index in [0.29, 0.717) is 5.54 Å². The van der Waals surface area contributed by atoms with Gasteiger partial charge in [0.15, 0.2) is 0 Å². The van der Waals surface area contributed by atoms with Crippen LogP contribution in [0.5, 0.6) is 0 Å². The molecular weight excluding hydrogens is 204 g/mol. The van der Waals surface area contributed by atoms with Gasteiger partial charge in [-0.1, -0.05) is 0 Å². The Balaban J connectivity index is 2.28. The Kier molecular flexibility index (Phi) is 1.56. The molecular formula is C8H11BrN2. The van der Waals surface area contributed by atoms with Crippen molar-refractivity contribution >= 4 is 15.9 Å². The average Bonchev–Trinajstić information content (AvgIpc) is 2.31. The largest absolute Gasteiger partial charge is 0.266 e. The summed E-state index contributed by atoms with van der Waals surface area (Å²) < 4.78 is 3.14. The van der Waals surface area contributed by atoms with Crippen LogP contribution in [-0.2, 0) is 5.54 Å².